The van der Waals surface area contributed by atoms with Gasteiger partial charge in [-0.3, -0.25) is 0 Å². The van der Waals surface area contributed by atoms with E-state index in [0.29, 0.717) is 17.1 Å². The lowest BCUT2D eigenvalue weighted by molar-refractivity contribution is -0.131. The molecule has 4 nitrogen and oxygen atoms in total. The van der Waals surface area contributed by atoms with Crippen molar-refractivity contribution in [3.63, 3.8) is 0 Å². The minimum absolute atomic E-state index is 0.598. The molecule has 2 aromatic carbocycles. The van der Waals surface area contributed by atoms with E-state index >= 15 is 0 Å². The number of carbonyl (C=O) groups is 1. The quantitative estimate of drug-likeness (QED) is 0.856. The van der Waals surface area contributed by atoms with Gasteiger partial charge in [-0.2, -0.15) is 0 Å². The van der Waals surface area contributed by atoms with E-state index in [2.05, 4.69) is 0 Å². The van der Waals surface area contributed by atoms with Gasteiger partial charge in [-0.05, 0) is 28.8 Å². The monoisotopic (exact) mass is 284 g/mol. The summed E-state index contributed by atoms with van der Waals surface area (Å²) in [6.07, 6.45) is 1.18. The van der Waals surface area contributed by atoms with E-state index in [4.69, 9.17) is 14.6 Å². The first-order valence-electron chi connectivity index (χ1n) is 6.37. The maximum Gasteiger partial charge on any atom is 0.328 e. The second-order valence-electron chi connectivity index (χ2n) is 4.36. The Morgan fingerprint density at radius 3 is 2.00 bits per heavy atom. The maximum atomic E-state index is 11.1. The fraction of sp³-hybridized carbons (Fsp3) is 0.118. The Kier molecular flexibility index (Phi) is 4.61. The number of hydrogen-bond donors (Lipinski definition) is 1. The predicted molar refractivity (Wildman–Crippen MR) is 80.7 cm³/mol. The zero-order chi connectivity index (χ0) is 15.2. The van der Waals surface area contributed by atoms with Crippen molar-refractivity contribution in [1.29, 1.82) is 0 Å². The van der Waals surface area contributed by atoms with Gasteiger partial charge >= 0.3 is 5.97 Å². The van der Waals surface area contributed by atoms with Crippen molar-refractivity contribution in [2.75, 3.05) is 14.2 Å². The van der Waals surface area contributed by atoms with Gasteiger partial charge in [0.1, 0.15) is 11.5 Å². The first-order chi connectivity index (χ1) is 10.1. The second-order valence-corrected chi connectivity index (χ2v) is 4.36. The van der Waals surface area contributed by atoms with E-state index in [1.54, 1.807) is 32.4 Å². The normalized spacial score (nSPS) is 11.0. The molecule has 0 atom stereocenters. The molecule has 0 spiro atoms. The van der Waals surface area contributed by atoms with Crippen LogP contribution < -0.4 is 9.47 Å². The first-order valence-corrected chi connectivity index (χ1v) is 6.37. The molecule has 1 N–H and O–H groups in total. The molecule has 108 valence electrons. The molecule has 0 aromatic heterocycles. The van der Waals surface area contributed by atoms with Crippen molar-refractivity contribution in [3.8, 4) is 11.5 Å². The minimum atomic E-state index is -1.00. The van der Waals surface area contributed by atoms with Crippen LogP contribution in [0.3, 0.4) is 0 Å². The highest BCUT2D eigenvalue weighted by Crippen LogP contribution is 2.30. The molecule has 21 heavy (non-hydrogen) atoms. The molecule has 0 saturated heterocycles. The maximum absolute atomic E-state index is 11.1. The van der Waals surface area contributed by atoms with Gasteiger partial charge in [-0.1, -0.05) is 30.3 Å². The van der Waals surface area contributed by atoms with E-state index in [9.17, 15) is 4.79 Å². The van der Waals surface area contributed by atoms with Crippen LogP contribution in [0, 0.1) is 0 Å². The van der Waals surface area contributed by atoms with Crippen molar-refractivity contribution in [3.05, 3.63) is 65.7 Å². The summed E-state index contributed by atoms with van der Waals surface area (Å²) in [5.74, 6) is 0.212. The van der Waals surface area contributed by atoms with E-state index in [1.807, 2.05) is 30.3 Å². The Morgan fingerprint density at radius 2 is 1.52 bits per heavy atom. The number of rotatable bonds is 5. The molecule has 0 fully saturated rings. The summed E-state index contributed by atoms with van der Waals surface area (Å²) < 4.78 is 10.5. The minimum Gasteiger partial charge on any atom is -0.497 e. The van der Waals surface area contributed by atoms with Gasteiger partial charge in [0.2, 0.25) is 0 Å². The Bertz CT molecular complexity index is 637. The van der Waals surface area contributed by atoms with Crippen LogP contribution >= 0.6 is 0 Å². The Balaban J connectivity index is 2.60. The molecule has 0 aliphatic carbocycles. The van der Waals surface area contributed by atoms with Gasteiger partial charge in [0.05, 0.1) is 14.2 Å². The van der Waals surface area contributed by atoms with Crippen molar-refractivity contribution in [2.24, 2.45) is 0 Å². The molecule has 0 aliphatic heterocycles. The van der Waals surface area contributed by atoms with Crippen LogP contribution in [0.2, 0.25) is 0 Å². The van der Waals surface area contributed by atoms with Crippen LogP contribution in [0.15, 0.2) is 54.6 Å². The molecule has 0 saturated carbocycles. The largest absolute Gasteiger partial charge is 0.497 e. The van der Waals surface area contributed by atoms with Crippen LogP contribution in [0.1, 0.15) is 11.1 Å². The Morgan fingerprint density at radius 1 is 0.952 bits per heavy atom. The average Bonchev–Trinajstić information content (AvgIpc) is 2.52. The highest BCUT2D eigenvalue weighted by Gasteiger charge is 2.10. The molecule has 0 bridgehead atoms. The summed E-state index contributed by atoms with van der Waals surface area (Å²) in [5.41, 5.74) is 2.13. The number of benzene rings is 2. The third kappa shape index (κ3) is 3.63. The van der Waals surface area contributed by atoms with E-state index in [1.165, 1.54) is 6.08 Å². The van der Waals surface area contributed by atoms with Crippen molar-refractivity contribution < 1.29 is 19.4 Å². The first kappa shape index (κ1) is 14.7. The van der Waals surface area contributed by atoms with E-state index in [0.717, 1.165) is 11.1 Å². The SMILES string of the molecule is COc1cc(OC)cc(/C(=C\C(=O)O)c2ccccc2)c1. The van der Waals surface area contributed by atoms with E-state index in [-0.39, 0.29) is 0 Å². The molecule has 2 aromatic rings. The van der Waals surface area contributed by atoms with Crippen molar-refractivity contribution in [2.45, 2.75) is 0 Å². The van der Waals surface area contributed by atoms with Crippen LogP contribution in [0.5, 0.6) is 11.5 Å². The number of aliphatic carboxylic acids is 1. The highest BCUT2D eigenvalue weighted by atomic mass is 16.5. The predicted octanol–water partition coefficient (Wildman–Crippen LogP) is 3.22. The number of carboxylic acid groups (broad SMARTS) is 1. The third-order valence-corrected chi connectivity index (χ3v) is 3.02. The number of carboxylic acids is 1. The molecule has 2 rings (SSSR count). The average molecular weight is 284 g/mol. The molecule has 0 unspecified atom stereocenters. The number of hydrogen-bond acceptors (Lipinski definition) is 3. The molecular weight excluding hydrogens is 268 g/mol. The zero-order valence-corrected chi connectivity index (χ0v) is 11.9. The van der Waals surface area contributed by atoms with Gasteiger partial charge in [0.25, 0.3) is 0 Å². The van der Waals surface area contributed by atoms with Crippen molar-refractivity contribution in [1.82, 2.24) is 0 Å². The molecule has 4 heteroatoms. The van der Waals surface area contributed by atoms with Gasteiger partial charge < -0.3 is 14.6 Å². The second kappa shape index (κ2) is 6.61. The summed E-state index contributed by atoms with van der Waals surface area (Å²) in [6, 6.07) is 14.6. The van der Waals surface area contributed by atoms with Crippen LogP contribution in [-0.2, 0) is 4.79 Å². The molecule has 0 amide bonds. The molecule has 0 radical (unpaired) electrons. The smallest absolute Gasteiger partial charge is 0.328 e. The fourth-order valence-electron chi connectivity index (χ4n) is 2.04. The molecular formula is C17H16O4. The third-order valence-electron chi connectivity index (χ3n) is 3.02. The lowest BCUT2D eigenvalue weighted by atomic mass is 9.97. The summed E-state index contributed by atoms with van der Waals surface area (Å²) in [5, 5.41) is 9.12. The zero-order valence-electron chi connectivity index (χ0n) is 11.9. The van der Waals surface area contributed by atoms with Crippen LogP contribution in [-0.4, -0.2) is 25.3 Å². The van der Waals surface area contributed by atoms with Crippen LogP contribution in [0.25, 0.3) is 5.57 Å². The van der Waals surface area contributed by atoms with E-state index < -0.39 is 5.97 Å². The number of ether oxygens (including phenoxy) is 2. The topological polar surface area (TPSA) is 55.8 Å². The molecule has 0 aliphatic rings. The summed E-state index contributed by atoms with van der Waals surface area (Å²) in [7, 11) is 3.11. The summed E-state index contributed by atoms with van der Waals surface area (Å²) in [6.45, 7) is 0. The highest BCUT2D eigenvalue weighted by molar-refractivity contribution is 5.95. The Labute approximate surface area is 123 Å². The summed E-state index contributed by atoms with van der Waals surface area (Å²) >= 11 is 0. The van der Waals surface area contributed by atoms with Gasteiger partial charge in [-0.25, -0.2) is 4.79 Å². The Hall–Kier alpha value is -2.75. The fourth-order valence-corrected chi connectivity index (χ4v) is 2.04. The molecule has 0 heterocycles. The van der Waals surface area contributed by atoms with Crippen molar-refractivity contribution >= 4 is 11.5 Å². The van der Waals surface area contributed by atoms with Gasteiger partial charge in [-0.15, -0.1) is 0 Å². The number of methoxy groups -OCH3 is 2. The standard InChI is InChI=1S/C17H16O4/c1-20-14-8-13(9-15(10-14)21-2)16(11-17(18)19)12-6-4-3-5-7-12/h3-11H,1-2H3,(H,18,19)/b16-11-. The van der Waals surface area contributed by atoms with Gasteiger partial charge in [0, 0.05) is 12.1 Å². The van der Waals surface area contributed by atoms with Crippen LogP contribution in [0.4, 0.5) is 0 Å². The van der Waals surface area contributed by atoms with Gasteiger partial charge in [0.15, 0.2) is 0 Å². The summed E-state index contributed by atoms with van der Waals surface area (Å²) in [4.78, 5) is 11.1. The lowest BCUT2D eigenvalue weighted by Gasteiger charge is -2.11. The lowest BCUT2D eigenvalue weighted by Crippen LogP contribution is -1.96.